The van der Waals surface area contributed by atoms with Crippen LogP contribution in [0.5, 0.6) is 0 Å². The van der Waals surface area contributed by atoms with Gasteiger partial charge in [0.1, 0.15) is 6.04 Å². The molecule has 2 heterocycles. The first-order valence-electron chi connectivity index (χ1n) is 5.41. The van der Waals surface area contributed by atoms with E-state index in [1.807, 2.05) is 17.5 Å². The molecule has 1 fully saturated rings. The SMILES string of the molecule is NC(C(=O)N1CCC(CO)C1)c1cccs1. The Kier molecular flexibility index (Phi) is 3.58. The molecule has 5 heteroatoms. The number of rotatable bonds is 3. The largest absolute Gasteiger partial charge is 0.396 e. The normalized spacial score (nSPS) is 22.4. The van der Waals surface area contributed by atoms with Crippen molar-refractivity contribution in [1.82, 2.24) is 4.90 Å². The van der Waals surface area contributed by atoms with E-state index in [1.165, 1.54) is 11.3 Å². The minimum atomic E-state index is -0.544. The molecule has 2 unspecified atom stereocenters. The number of thiophene rings is 1. The molecular weight excluding hydrogens is 224 g/mol. The van der Waals surface area contributed by atoms with E-state index >= 15 is 0 Å². The van der Waals surface area contributed by atoms with Gasteiger partial charge in [0.15, 0.2) is 0 Å². The minimum absolute atomic E-state index is 0.0293. The van der Waals surface area contributed by atoms with Crippen molar-refractivity contribution in [2.45, 2.75) is 12.5 Å². The number of hydrogen-bond donors (Lipinski definition) is 2. The van der Waals surface area contributed by atoms with Gasteiger partial charge in [-0.1, -0.05) is 6.07 Å². The maximum absolute atomic E-state index is 12.0. The maximum atomic E-state index is 12.0. The van der Waals surface area contributed by atoms with Crippen molar-refractivity contribution in [3.63, 3.8) is 0 Å². The lowest BCUT2D eigenvalue weighted by atomic mass is 10.1. The van der Waals surface area contributed by atoms with Crippen LogP contribution in [-0.4, -0.2) is 35.6 Å². The summed E-state index contributed by atoms with van der Waals surface area (Å²) in [5, 5.41) is 10.9. The Morgan fingerprint density at radius 1 is 1.75 bits per heavy atom. The zero-order valence-corrected chi connectivity index (χ0v) is 9.82. The van der Waals surface area contributed by atoms with E-state index in [2.05, 4.69) is 0 Å². The van der Waals surface area contributed by atoms with Crippen molar-refractivity contribution in [2.75, 3.05) is 19.7 Å². The molecule has 88 valence electrons. The van der Waals surface area contributed by atoms with Crippen LogP contribution in [0.25, 0.3) is 0 Å². The van der Waals surface area contributed by atoms with Crippen molar-refractivity contribution in [3.8, 4) is 0 Å². The summed E-state index contributed by atoms with van der Waals surface area (Å²) in [7, 11) is 0. The number of nitrogens with two attached hydrogens (primary N) is 1. The fraction of sp³-hybridized carbons (Fsp3) is 0.545. The van der Waals surface area contributed by atoms with Gasteiger partial charge < -0.3 is 15.7 Å². The average Bonchev–Trinajstić information content (AvgIpc) is 2.97. The Morgan fingerprint density at radius 2 is 2.56 bits per heavy atom. The van der Waals surface area contributed by atoms with Crippen molar-refractivity contribution < 1.29 is 9.90 Å². The summed E-state index contributed by atoms with van der Waals surface area (Å²) in [6, 6.07) is 3.23. The minimum Gasteiger partial charge on any atom is -0.396 e. The lowest BCUT2D eigenvalue weighted by Crippen LogP contribution is -2.36. The Labute approximate surface area is 98.7 Å². The van der Waals surface area contributed by atoms with Gasteiger partial charge in [0.2, 0.25) is 5.91 Å². The number of likely N-dealkylation sites (tertiary alicyclic amines) is 1. The summed E-state index contributed by atoms with van der Waals surface area (Å²) in [6.07, 6.45) is 0.874. The number of nitrogens with zero attached hydrogens (tertiary/aromatic N) is 1. The fourth-order valence-electron chi connectivity index (χ4n) is 1.97. The van der Waals surface area contributed by atoms with Crippen LogP contribution in [0, 0.1) is 5.92 Å². The van der Waals surface area contributed by atoms with Crippen LogP contribution in [0.3, 0.4) is 0 Å². The lowest BCUT2D eigenvalue weighted by molar-refractivity contribution is -0.131. The van der Waals surface area contributed by atoms with Crippen molar-refractivity contribution in [1.29, 1.82) is 0 Å². The number of aliphatic hydroxyl groups excluding tert-OH is 1. The molecule has 0 bridgehead atoms. The quantitative estimate of drug-likeness (QED) is 0.812. The molecule has 0 spiro atoms. The first kappa shape index (κ1) is 11.6. The average molecular weight is 240 g/mol. The van der Waals surface area contributed by atoms with Gasteiger partial charge in [-0.3, -0.25) is 4.79 Å². The summed E-state index contributed by atoms with van der Waals surface area (Å²) >= 11 is 1.50. The van der Waals surface area contributed by atoms with Crippen LogP contribution < -0.4 is 5.73 Å². The number of amides is 1. The zero-order valence-electron chi connectivity index (χ0n) is 9.00. The monoisotopic (exact) mass is 240 g/mol. The highest BCUT2D eigenvalue weighted by molar-refractivity contribution is 7.10. The first-order chi connectivity index (χ1) is 7.72. The molecule has 1 aromatic rings. The van der Waals surface area contributed by atoms with E-state index in [9.17, 15) is 4.79 Å². The standard InChI is InChI=1S/C11H16N2O2S/c12-10(9-2-1-5-16-9)11(15)13-4-3-8(6-13)7-14/h1-2,5,8,10,14H,3-4,6-7,12H2. The Morgan fingerprint density at radius 3 is 3.12 bits per heavy atom. The number of carbonyl (C=O) groups excluding carboxylic acids is 1. The molecule has 1 aliphatic heterocycles. The zero-order chi connectivity index (χ0) is 11.5. The summed E-state index contributed by atoms with van der Waals surface area (Å²) in [5.74, 6) is 0.192. The topological polar surface area (TPSA) is 66.6 Å². The van der Waals surface area contributed by atoms with E-state index < -0.39 is 6.04 Å². The molecule has 1 amide bonds. The first-order valence-corrected chi connectivity index (χ1v) is 6.29. The third-order valence-electron chi connectivity index (χ3n) is 2.97. The molecule has 0 saturated carbocycles. The van der Waals surface area contributed by atoms with Gasteiger partial charge in [-0.15, -0.1) is 11.3 Å². The van der Waals surface area contributed by atoms with E-state index in [-0.39, 0.29) is 18.4 Å². The molecule has 3 N–H and O–H groups in total. The molecule has 0 radical (unpaired) electrons. The number of aliphatic hydroxyl groups is 1. The smallest absolute Gasteiger partial charge is 0.244 e. The maximum Gasteiger partial charge on any atom is 0.244 e. The second-order valence-corrected chi connectivity index (χ2v) is 5.09. The van der Waals surface area contributed by atoms with Crippen LogP contribution in [0.4, 0.5) is 0 Å². The summed E-state index contributed by atoms with van der Waals surface area (Å²) in [4.78, 5) is 14.7. The molecule has 16 heavy (non-hydrogen) atoms. The second-order valence-electron chi connectivity index (χ2n) is 4.11. The van der Waals surface area contributed by atoms with Gasteiger partial charge in [-0.2, -0.15) is 0 Å². The van der Waals surface area contributed by atoms with Crippen LogP contribution in [0.2, 0.25) is 0 Å². The molecular formula is C11H16N2O2S. The van der Waals surface area contributed by atoms with Gasteiger partial charge in [-0.05, 0) is 17.9 Å². The molecule has 2 atom stereocenters. The molecule has 1 aliphatic rings. The summed E-state index contributed by atoms with van der Waals surface area (Å²) in [6.45, 7) is 1.50. The molecule has 2 rings (SSSR count). The molecule has 0 aromatic carbocycles. The second kappa shape index (κ2) is 4.95. The van der Waals surface area contributed by atoms with Gasteiger partial charge in [0, 0.05) is 30.5 Å². The van der Waals surface area contributed by atoms with Crippen molar-refractivity contribution >= 4 is 17.2 Å². The van der Waals surface area contributed by atoms with Gasteiger partial charge in [0.25, 0.3) is 0 Å². The molecule has 1 aromatic heterocycles. The Bertz CT molecular complexity index is 353. The lowest BCUT2D eigenvalue weighted by Gasteiger charge is -2.19. The molecule has 0 aliphatic carbocycles. The van der Waals surface area contributed by atoms with Crippen molar-refractivity contribution in [2.24, 2.45) is 11.7 Å². The Hall–Kier alpha value is -0.910. The van der Waals surface area contributed by atoms with Gasteiger partial charge in [-0.25, -0.2) is 0 Å². The van der Waals surface area contributed by atoms with Crippen LogP contribution >= 0.6 is 11.3 Å². The third-order valence-corrected chi connectivity index (χ3v) is 3.93. The highest BCUT2D eigenvalue weighted by atomic mass is 32.1. The van der Waals surface area contributed by atoms with Gasteiger partial charge in [0.05, 0.1) is 0 Å². The molecule has 1 saturated heterocycles. The third kappa shape index (κ3) is 2.26. The van der Waals surface area contributed by atoms with Crippen LogP contribution in [0.15, 0.2) is 17.5 Å². The predicted octanol–water partition coefficient (Wildman–Crippen LogP) is 0.589. The van der Waals surface area contributed by atoms with Crippen LogP contribution in [0.1, 0.15) is 17.3 Å². The van der Waals surface area contributed by atoms with Crippen LogP contribution in [-0.2, 0) is 4.79 Å². The highest BCUT2D eigenvalue weighted by Gasteiger charge is 2.29. The highest BCUT2D eigenvalue weighted by Crippen LogP contribution is 2.22. The molecule has 4 nitrogen and oxygen atoms in total. The summed E-state index contributed by atoms with van der Waals surface area (Å²) < 4.78 is 0. The van der Waals surface area contributed by atoms with E-state index in [0.29, 0.717) is 13.1 Å². The van der Waals surface area contributed by atoms with E-state index in [1.54, 1.807) is 4.90 Å². The van der Waals surface area contributed by atoms with Crippen molar-refractivity contribution in [3.05, 3.63) is 22.4 Å². The van der Waals surface area contributed by atoms with E-state index in [0.717, 1.165) is 11.3 Å². The van der Waals surface area contributed by atoms with Gasteiger partial charge >= 0.3 is 0 Å². The Balaban J connectivity index is 1.98. The number of carbonyl (C=O) groups is 1. The van der Waals surface area contributed by atoms with E-state index in [4.69, 9.17) is 10.8 Å². The summed E-state index contributed by atoms with van der Waals surface area (Å²) in [5.41, 5.74) is 5.91. The fourth-order valence-corrected chi connectivity index (χ4v) is 2.69. The number of hydrogen-bond acceptors (Lipinski definition) is 4. The predicted molar refractivity (Wildman–Crippen MR) is 63.0 cm³/mol.